The highest BCUT2D eigenvalue weighted by Gasteiger charge is 2.34. The van der Waals surface area contributed by atoms with Gasteiger partial charge >= 0.3 is 5.97 Å². The third-order valence-electron chi connectivity index (χ3n) is 10.5. The van der Waals surface area contributed by atoms with Crippen LogP contribution in [-0.4, -0.2) is 84.5 Å². The third kappa shape index (κ3) is 8.41. The SMILES string of the molecule is CC[C@H](C1CCC(C(=O)O)CC1)N(C)c1nc2c(c(N[C@@H](CN3CCC[C@H](C)C3)/C(C=NC)=C/N)n1)CN(c1cccc(F)c1)CC2. The van der Waals surface area contributed by atoms with Crippen molar-refractivity contribution in [3.63, 3.8) is 0 Å². The lowest BCUT2D eigenvalue weighted by molar-refractivity contribution is -0.143. The van der Waals surface area contributed by atoms with E-state index in [-0.39, 0.29) is 23.8 Å². The maximum Gasteiger partial charge on any atom is 0.306 e. The summed E-state index contributed by atoms with van der Waals surface area (Å²) in [6, 6.07) is 6.80. The van der Waals surface area contributed by atoms with Crippen molar-refractivity contribution in [1.29, 1.82) is 0 Å². The molecule has 1 aromatic heterocycles. The molecule has 5 rings (SSSR count). The number of nitrogens with zero attached hydrogens (tertiary/aromatic N) is 6. The van der Waals surface area contributed by atoms with E-state index in [9.17, 15) is 14.3 Å². The molecule has 1 aliphatic carbocycles. The lowest BCUT2D eigenvalue weighted by Gasteiger charge is -2.39. The monoisotopic (exact) mass is 648 g/mol. The molecule has 0 bridgehead atoms. The molecular weight excluding hydrogens is 595 g/mol. The standard InChI is InChI=1S/C36H53FN8O2/c1-5-33(25-11-13-26(14-12-25)35(46)47)43(4)36-41-31-15-17-45(29-10-6-9-28(37)18-29)22-30(31)34(42-36)40-32(27(19-38)20-39-3)23-44-16-7-8-24(2)21-44/h6,9-10,18-20,24-26,32-33H,5,7-8,11-17,21-23,38H2,1-4H3,(H,46,47)(H,40,41,42)/b27-19+,39-20?/t24-,25?,26?,32-,33+/m0/s1. The molecule has 0 radical (unpaired) electrons. The Kier molecular flexibility index (Phi) is 11.7. The van der Waals surface area contributed by atoms with Gasteiger partial charge in [0.05, 0.1) is 17.7 Å². The Morgan fingerprint density at radius 2 is 2.02 bits per heavy atom. The van der Waals surface area contributed by atoms with E-state index in [1.54, 1.807) is 25.4 Å². The smallest absolute Gasteiger partial charge is 0.306 e. The molecule has 0 unspecified atom stereocenters. The number of anilines is 3. The molecule has 3 aliphatic rings. The summed E-state index contributed by atoms with van der Waals surface area (Å²) in [6.07, 6.45) is 10.7. The Bertz CT molecular complexity index is 1430. The summed E-state index contributed by atoms with van der Waals surface area (Å²) in [7, 11) is 3.83. The lowest BCUT2D eigenvalue weighted by Crippen LogP contribution is -2.44. The molecule has 10 nitrogen and oxygen atoms in total. The molecule has 3 heterocycles. The van der Waals surface area contributed by atoms with Crippen LogP contribution in [0.4, 0.5) is 21.8 Å². The number of carboxylic acid groups (broad SMARTS) is 1. The second kappa shape index (κ2) is 15.9. The van der Waals surface area contributed by atoms with Gasteiger partial charge < -0.3 is 30.9 Å². The summed E-state index contributed by atoms with van der Waals surface area (Å²) in [5, 5.41) is 13.4. The molecule has 3 atom stereocenters. The number of carbonyl (C=O) groups is 1. The van der Waals surface area contributed by atoms with E-state index >= 15 is 0 Å². The van der Waals surface area contributed by atoms with Gasteiger partial charge in [-0.05, 0) is 81.5 Å². The number of fused-ring (bicyclic) bond motifs is 1. The maximum atomic E-state index is 14.3. The summed E-state index contributed by atoms with van der Waals surface area (Å²) < 4.78 is 14.3. The van der Waals surface area contributed by atoms with Crippen LogP contribution in [0.15, 0.2) is 41.0 Å². The number of nitrogens with one attached hydrogen (secondary N) is 1. The van der Waals surface area contributed by atoms with Crippen LogP contribution in [0.2, 0.25) is 0 Å². The van der Waals surface area contributed by atoms with Crippen molar-refractivity contribution >= 4 is 29.6 Å². The molecule has 4 N–H and O–H groups in total. The van der Waals surface area contributed by atoms with Crippen LogP contribution in [0, 0.1) is 23.6 Å². The first-order valence-electron chi connectivity index (χ1n) is 17.4. The average molecular weight is 649 g/mol. The predicted molar refractivity (Wildman–Crippen MR) is 188 cm³/mol. The van der Waals surface area contributed by atoms with E-state index in [4.69, 9.17) is 15.7 Å². The van der Waals surface area contributed by atoms with Gasteiger partial charge in [0, 0.05) is 82.0 Å². The van der Waals surface area contributed by atoms with Crippen LogP contribution >= 0.6 is 0 Å². The number of carboxylic acids is 1. The van der Waals surface area contributed by atoms with Crippen LogP contribution in [0.25, 0.3) is 0 Å². The number of halogens is 1. The number of likely N-dealkylation sites (tertiary alicyclic amines) is 1. The van der Waals surface area contributed by atoms with E-state index in [1.165, 1.54) is 18.9 Å². The zero-order valence-electron chi connectivity index (χ0n) is 28.5. The molecular formula is C36H53FN8O2. The van der Waals surface area contributed by atoms with Crippen LogP contribution in [0.1, 0.15) is 70.1 Å². The largest absolute Gasteiger partial charge is 0.481 e. The maximum absolute atomic E-state index is 14.3. The van der Waals surface area contributed by atoms with Gasteiger partial charge in [-0.2, -0.15) is 4.98 Å². The molecule has 2 fully saturated rings. The highest BCUT2D eigenvalue weighted by molar-refractivity contribution is 5.81. The number of aliphatic imine (C=N–C) groups is 1. The van der Waals surface area contributed by atoms with Crippen molar-refractivity contribution in [3.8, 4) is 0 Å². The number of rotatable bonds is 12. The summed E-state index contributed by atoms with van der Waals surface area (Å²) >= 11 is 0. The first-order valence-corrected chi connectivity index (χ1v) is 17.4. The number of aliphatic carboxylic acids is 1. The lowest BCUT2D eigenvalue weighted by atomic mass is 9.77. The molecule has 2 aromatic rings. The van der Waals surface area contributed by atoms with Crippen molar-refractivity contribution in [2.75, 3.05) is 55.4 Å². The summed E-state index contributed by atoms with van der Waals surface area (Å²) in [5.74, 6) is 1.27. The fourth-order valence-corrected chi connectivity index (χ4v) is 7.90. The molecule has 11 heteroatoms. The number of hydrogen-bond acceptors (Lipinski definition) is 9. The topological polar surface area (TPSA) is 123 Å². The van der Waals surface area contributed by atoms with E-state index in [2.05, 4.69) is 45.9 Å². The van der Waals surface area contributed by atoms with Gasteiger partial charge in [0.25, 0.3) is 0 Å². The van der Waals surface area contributed by atoms with Gasteiger partial charge in [-0.1, -0.05) is 19.9 Å². The van der Waals surface area contributed by atoms with Gasteiger partial charge in [0.2, 0.25) is 5.95 Å². The van der Waals surface area contributed by atoms with Crippen LogP contribution in [0.3, 0.4) is 0 Å². The highest BCUT2D eigenvalue weighted by Crippen LogP contribution is 2.36. The van der Waals surface area contributed by atoms with Crippen LogP contribution in [-0.2, 0) is 17.8 Å². The number of aromatic nitrogens is 2. The number of piperidine rings is 1. The fourth-order valence-electron chi connectivity index (χ4n) is 7.90. The van der Waals surface area contributed by atoms with E-state index in [0.29, 0.717) is 43.6 Å². The van der Waals surface area contributed by atoms with Crippen molar-refractivity contribution < 1.29 is 14.3 Å². The van der Waals surface area contributed by atoms with Crippen molar-refractivity contribution in [3.05, 3.63) is 53.1 Å². The molecule has 256 valence electrons. The summed E-state index contributed by atoms with van der Waals surface area (Å²) in [4.78, 5) is 33.2. The minimum Gasteiger partial charge on any atom is -0.481 e. The Labute approximate surface area is 279 Å². The number of benzene rings is 1. The zero-order chi connectivity index (χ0) is 33.5. The Morgan fingerprint density at radius 1 is 1.23 bits per heavy atom. The number of nitrogens with two attached hydrogens (primary N) is 1. The van der Waals surface area contributed by atoms with Gasteiger partial charge in [-0.3, -0.25) is 9.79 Å². The Morgan fingerprint density at radius 3 is 2.68 bits per heavy atom. The molecule has 1 aromatic carbocycles. The summed E-state index contributed by atoms with van der Waals surface area (Å²) in [6.45, 7) is 8.61. The molecule has 47 heavy (non-hydrogen) atoms. The average Bonchev–Trinajstić information content (AvgIpc) is 3.07. The van der Waals surface area contributed by atoms with E-state index in [1.807, 2.05) is 12.3 Å². The Balaban J connectivity index is 1.50. The summed E-state index contributed by atoms with van der Waals surface area (Å²) in [5.41, 5.74) is 9.95. The molecule has 0 spiro atoms. The minimum absolute atomic E-state index is 0.149. The Hall–Kier alpha value is -3.73. The second-order valence-corrected chi connectivity index (χ2v) is 13.7. The fraction of sp³-hybridized carbons (Fsp3) is 0.611. The van der Waals surface area contributed by atoms with Gasteiger partial charge in [-0.25, -0.2) is 9.37 Å². The third-order valence-corrected chi connectivity index (χ3v) is 10.5. The first kappa shape index (κ1) is 34.6. The van der Waals surface area contributed by atoms with Gasteiger partial charge in [0.1, 0.15) is 11.6 Å². The van der Waals surface area contributed by atoms with E-state index < -0.39 is 5.97 Å². The van der Waals surface area contributed by atoms with Crippen molar-refractivity contribution in [1.82, 2.24) is 14.9 Å². The van der Waals surface area contributed by atoms with E-state index in [0.717, 1.165) is 73.8 Å². The van der Waals surface area contributed by atoms with Gasteiger partial charge in [-0.15, -0.1) is 0 Å². The minimum atomic E-state index is -0.682. The van der Waals surface area contributed by atoms with Crippen molar-refractivity contribution in [2.24, 2.45) is 28.5 Å². The first-order chi connectivity index (χ1) is 22.7. The predicted octanol–water partition coefficient (Wildman–Crippen LogP) is 5.34. The van der Waals surface area contributed by atoms with Crippen LogP contribution in [0.5, 0.6) is 0 Å². The van der Waals surface area contributed by atoms with Crippen molar-refractivity contribution in [2.45, 2.75) is 83.8 Å². The zero-order valence-corrected chi connectivity index (χ0v) is 28.5. The normalized spacial score (nSPS) is 23.7. The highest BCUT2D eigenvalue weighted by atomic mass is 19.1. The van der Waals surface area contributed by atoms with Gasteiger partial charge in [0.15, 0.2) is 0 Å². The molecule has 0 amide bonds. The molecule has 2 aliphatic heterocycles. The quantitative estimate of drug-likeness (QED) is 0.262. The number of hydrogen-bond donors (Lipinski definition) is 3. The second-order valence-electron chi connectivity index (χ2n) is 13.7. The molecule has 1 saturated carbocycles. The molecule has 1 saturated heterocycles. The van der Waals surface area contributed by atoms with Crippen LogP contribution < -0.4 is 20.9 Å².